The summed E-state index contributed by atoms with van der Waals surface area (Å²) in [6.07, 6.45) is 0. The van der Waals surface area contributed by atoms with Crippen molar-refractivity contribution >= 4 is 17.4 Å². The van der Waals surface area contributed by atoms with E-state index in [2.05, 4.69) is 0 Å². The first-order chi connectivity index (χ1) is 9.40. The molecular formula is C16H13ClF2O. The lowest BCUT2D eigenvalue weighted by molar-refractivity contribution is 0.103. The molecule has 0 bridgehead atoms. The molecule has 0 radical (unpaired) electrons. The van der Waals surface area contributed by atoms with E-state index in [9.17, 15) is 13.6 Å². The highest BCUT2D eigenvalue weighted by molar-refractivity contribution is 6.35. The van der Waals surface area contributed by atoms with Gasteiger partial charge in [-0.15, -0.1) is 0 Å². The van der Waals surface area contributed by atoms with E-state index in [0.717, 1.165) is 17.7 Å². The van der Waals surface area contributed by atoms with Gasteiger partial charge in [-0.3, -0.25) is 4.79 Å². The maximum absolute atomic E-state index is 13.2. The summed E-state index contributed by atoms with van der Waals surface area (Å²) in [6.45, 7) is 4.09. The third-order valence-electron chi connectivity index (χ3n) is 3.09. The summed E-state index contributed by atoms with van der Waals surface area (Å²) in [5.74, 6) is -2.23. The maximum Gasteiger partial charge on any atom is 0.194 e. The summed E-state index contributed by atoms with van der Waals surface area (Å²) in [5, 5.41) is -0.0955. The summed E-state index contributed by atoms with van der Waals surface area (Å²) < 4.78 is 26.2. The van der Waals surface area contributed by atoms with Crippen molar-refractivity contribution < 1.29 is 13.6 Å². The van der Waals surface area contributed by atoms with E-state index < -0.39 is 17.4 Å². The highest BCUT2D eigenvalue weighted by atomic mass is 35.5. The third kappa shape index (κ3) is 2.88. The Balaban J connectivity index is 2.38. The van der Waals surface area contributed by atoms with Crippen molar-refractivity contribution in [1.29, 1.82) is 0 Å². The summed E-state index contributed by atoms with van der Waals surface area (Å²) in [5.41, 5.74) is 1.45. The van der Waals surface area contributed by atoms with E-state index in [0.29, 0.717) is 11.5 Å². The van der Waals surface area contributed by atoms with Crippen LogP contribution in [0.25, 0.3) is 0 Å². The van der Waals surface area contributed by atoms with Crippen LogP contribution in [0.5, 0.6) is 0 Å². The molecule has 0 fully saturated rings. The van der Waals surface area contributed by atoms with Crippen LogP contribution in [-0.4, -0.2) is 5.78 Å². The Labute approximate surface area is 121 Å². The molecule has 0 aromatic heterocycles. The minimum absolute atomic E-state index is 0.0390. The molecular weight excluding hydrogens is 282 g/mol. The first-order valence-corrected chi connectivity index (χ1v) is 6.57. The predicted octanol–water partition coefficient (Wildman–Crippen LogP) is 4.97. The molecule has 0 heterocycles. The molecule has 0 aliphatic rings. The van der Waals surface area contributed by atoms with E-state index in [1.165, 1.54) is 0 Å². The Bertz CT molecular complexity index is 648. The van der Waals surface area contributed by atoms with Gasteiger partial charge < -0.3 is 0 Å². The molecule has 4 heteroatoms. The summed E-state index contributed by atoms with van der Waals surface area (Å²) in [6, 6.07) is 8.64. The summed E-state index contributed by atoms with van der Waals surface area (Å²) >= 11 is 5.80. The van der Waals surface area contributed by atoms with Gasteiger partial charge in [-0.05, 0) is 23.6 Å². The summed E-state index contributed by atoms with van der Waals surface area (Å²) in [4.78, 5) is 12.2. The van der Waals surface area contributed by atoms with Gasteiger partial charge in [-0.2, -0.15) is 0 Å². The first-order valence-electron chi connectivity index (χ1n) is 6.19. The zero-order valence-corrected chi connectivity index (χ0v) is 11.8. The second-order valence-corrected chi connectivity index (χ2v) is 5.26. The molecule has 2 aromatic carbocycles. The molecule has 0 N–H and O–H groups in total. The van der Waals surface area contributed by atoms with Crippen LogP contribution >= 0.6 is 11.6 Å². The van der Waals surface area contributed by atoms with Gasteiger partial charge in [0.2, 0.25) is 0 Å². The normalized spacial score (nSPS) is 10.9. The highest BCUT2D eigenvalue weighted by Gasteiger charge is 2.16. The van der Waals surface area contributed by atoms with Gasteiger partial charge in [-0.25, -0.2) is 8.78 Å². The number of rotatable bonds is 3. The van der Waals surface area contributed by atoms with Crippen LogP contribution in [0.2, 0.25) is 5.02 Å². The van der Waals surface area contributed by atoms with E-state index >= 15 is 0 Å². The number of ketones is 1. The number of carbonyl (C=O) groups excluding carboxylic acids is 1. The van der Waals surface area contributed by atoms with Gasteiger partial charge in [0.05, 0.1) is 5.02 Å². The number of hydrogen-bond acceptors (Lipinski definition) is 1. The smallest absolute Gasteiger partial charge is 0.194 e. The molecule has 0 saturated carbocycles. The fraction of sp³-hybridized carbons (Fsp3) is 0.188. The standard InChI is InChI=1S/C16H13ClF2O/c1-9(2)10-3-5-11(6-4-10)16(20)12-7-14(18)15(19)8-13(12)17/h3-9H,1-2H3. The number of carbonyl (C=O) groups is 1. The lowest BCUT2D eigenvalue weighted by Gasteiger charge is -2.08. The predicted molar refractivity (Wildman–Crippen MR) is 75.3 cm³/mol. The number of hydrogen-bond donors (Lipinski definition) is 0. The van der Waals surface area contributed by atoms with Crippen LogP contribution in [0, 0.1) is 11.6 Å². The number of halogens is 3. The van der Waals surface area contributed by atoms with Gasteiger partial charge in [0.15, 0.2) is 17.4 Å². The van der Waals surface area contributed by atoms with Gasteiger partial charge in [0.25, 0.3) is 0 Å². The second kappa shape index (κ2) is 5.71. The largest absolute Gasteiger partial charge is 0.289 e. The molecule has 0 atom stereocenters. The zero-order chi connectivity index (χ0) is 14.9. The van der Waals surface area contributed by atoms with Crippen molar-refractivity contribution in [2.75, 3.05) is 0 Å². The SMILES string of the molecule is CC(C)c1ccc(C(=O)c2cc(F)c(F)cc2Cl)cc1. The third-order valence-corrected chi connectivity index (χ3v) is 3.41. The maximum atomic E-state index is 13.2. The van der Waals surface area contributed by atoms with Gasteiger partial charge >= 0.3 is 0 Å². The molecule has 2 rings (SSSR count). The van der Waals surface area contributed by atoms with Crippen molar-refractivity contribution in [2.45, 2.75) is 19.8 Å². The van der Waals surface area contributed by atoms with Crippen molar-refractivity contribution in [2.24, 2.45) is 0 Å². The summed E-state index contributed by atoms with van der Waals surface area (Å²) in [7, 11) is 0. The van der Waals surface area contributed by atoms with Crippen molar-refractivity contribution in [3.05, 3.63) is 69.7 Å². The Kier molecular flexibility index (Phi) is 4.19. The molecule has 0 aliphatic carbocycles. The van der Waals surface area contributed by atoms with E-state index in [1.54, 1.807) is 12.1 Å². The van der Waals surface area contributed by atoms with E-state index in [-0.39, 0.29) is 10.6 Å². The molecule has 104 valence electrons. The highest BCUT2D eigenvalue weighted by Crippen LogP contribution is 2.23. The average molecular weight is 295 g/mol. The monoisotopic (exact) mass is 294 g/mol. The Morgan fingerprint density at radius 1 is 1.05 bits per heavy atom. The lowest BCUT2D eigenvalue weighted by Crippen LogP contribution is -2.04. The van der Waals surface area contributed by atoms with E-state index in [1.807, 2.05) is 26.0 Å². The molecule has 0 unspecified atom stereocenters. The Hall–Kier alpha value is -1.74. The molecule has 2 aromatic rings. The van der Waals surface area contributed by atoms with Crippen LogP contribution in [0.15, 0.2) is 36.4 Å². The quantitative estimate of drug-likeness (QED) is 0.577. The first kappa shape index (κ1) is 14.7. The topological polar surface area (TPSA) is 17.1 Å². The fourth-order valence-electron chi connectivity index (χ4n) is 1.87. The fourth-order valence-corrected chi connectivity index (χ4v) is 2.11. The van der Waals surface area contributed by atoms with Crippen LogP contribution in [-0.2, 0) is 0 Å². The molecule has 0 aliphatic heterocycles. The van der Waals surface area contributed by atoms with Crippen LogP contribution in [0.3, 0.4) is 0 Å². The molecule has 0 spiro atoms. The van der Waals surface area contributed by atoms with Crippen molar-refractivity contribution in [1.82, 2.24) is 0 Å². The Morgan fingerprint density at radius 3 is 2.15 bits per heavy atom. The lowest BCUT2D eigenvalue weighted by atomic mass is 9.98. The van der Waals surface area contributed by atoms with E-state index in [4.69, 9.17) is 11.6 Å². The minimum Gasteiger partial charge on any atom is -0.289 e. The van der Waals surface area contributed by atoms with Crippen LogP contribution < -0.4 is 0 Å². The van der Waals surface area contributed by atoms with Crippen LogP contribution in [0.4, 0.5) is 8.78 Å². The molecule has 0 saturated heterocycles. The Morgan fingerprint density at radius 2 is 1.60 bits per heavy atom. The van der Waals surface area contributed by atoms with Crippen LogP contribution in [0.1, 0.15) is 41.3 Å². The minimum atomic E-state index is -1.09. The zero-order valence-electron chi connectivity index (χ0n) is 11.1. The van der Waals surface area contributed by atoms with Gasteiger partial charge in [0.1, 0.15) is 0 Å². The average Bonchev–Trinajstić information content (AvgIpc) is 2.42. The van der Waals surface area contributed by atoms with Gasteiger partial charge in [0, 0.05) is 11.1 Å². The molecule has 20 heavy (non-hydrogen) atoms. The van der Waals surface area contributed by atoms with Gasteiger partial charge in [-0.1, -0.05) is 49.7 Å². The van der Waals surface area contributed by atoms with Crippen molar-refractivity contribution in [3.63, 3.8) is 0 Å². The van der Waals surface area contributed by atoms with Crippen molar-refractivity contribution in [3.8, 4) is 0 Å². The molecule has 0 amide bonds. The number of benzene rings is 2. The second-order valence-electron chi connectivity index (χ2n) is 4.85. The molecule has 1 nitrogen and oxygen atoms in total.